The molecule has 0 saturated carbocycles. The van der Waals surface area contributed by atoms with E-state index in [1.165, 1.54) is 12.1 Å². The minimum atomic E-state index is -0.429. The highest BCUT2D eigenvalue weighted by Crippen LogP contribution is 2.29. The van der Waals surface area contributed by atoms with Gasteiger partial charge in [0.05, 0.1) is 21.5 Å². The van der Waals surface area contributed by atoms with Crippen LogP contribution in [0, 0.1) is 35.3 Å². The maximum Gasteiger partial charge on any atom is 0.269 e. The molecule has 2 aromatic carbocycles. The van der Waals surface area contributed by atoms with E-state index in [4.69, 9.17) is 4.42 Å². The summed E-state index contributed by atoms with van der Waals surface area (Å²) in [6.45, 7) is 3.78. The van der Waals surface area contributed by atoms with Crippen molar-refractivity contribution in [2.75, 3.05) is 0 Å². The fraction of sp³-hybridized carbons (Fsp3) is 0.0909. The van der Waals surface area contributed by atoms with Gasteiger partial charge in [0.25, 0.3) is 5.69 Å². The Kier molecular flexibility index (Phi) is 4.45. The molecule has 0 unspecified atom stereocenters. The number of fused-ring (bicyclic) bond motifs is 1. The summed E-state index contributed by atoms with van der Waals surface area (Å²) in [7, 11) is 0. The first-order valence-electron chi connectivity index (χ1n) is 8.88. The monoisotopic (exact) mass is 384 g/mol. The number of rotatable bonds is 4. The Balaban J connectivity index is 1.68. The number of nitriles is 1. The first-order valence-corrected chi connectivity index (χ1v) is 8.88. The van der Waals surface area contributed by atoms with E-state index < -0.39 is 4.92 Å². The molecule has 0 spiro atoms. The van der Waals surface area contributed by atoms with E-state index in [1.54, 1.807) is 31.2 Å². The van der Waals surface area contributed by atoms with Gasteiger partial charge < -0.3 is 9.40 Å². The van der Waals surface area contributed by atoms with E-state index in [-0.39, 0.29) is 5.69 Å². The van der Waals surface area contributed by atoms with Crippen molar-refractivity contribution in [3.05, 3.63) is 81.4 Å². The quantitative estimate of drug-likeness (QED) is 0.287. The zero-order valence-electron chi connectivity index (χ0n) is 15.8. The summed E-state index contributed by atoms with van der Waals surface area (Å²) >= 11 is 0. The van der Waals surface area contributed by atoms with Crippen molar-refractivity contribution in [3.63, 3.8) is 0 Å². The maximum atomic E-state index is 10.9. The second-order valence-corrected chi connectivity index (χ2v) is 6.73. The van der Waals surface area contributed by atoms with E-state index in [1.807, 2.05) is 25.1 Å². The molecule has 0 aliphatic heterocycles. The summed E-state index contributed by atoms with van der Waals surface area (Å²) in [5.74, 6) is 1.53. The van der Waals surface area contributed by atoms with Gasteiger partial charge in [-0.25, -0.2) is 4.98 Å². The molecule has 29 heavy (non-hydrogen) atoms. The van der Waals surface area contributed by atoms with Crippen LogP contribution in [-0.2, 0) is 0 Å². The third kappa shape index (κ3) is 3.51. The summed E-state index contributed by atoms with van der Waals surface area (Å²) < 4.78 is 5.86. The van der Waals surface area contributed by atoms with E-state index in [9.17, 15) is 15.4 Å². The smallest absolute Gasteiger partial charge is 0.269 e. The van der Waals surface area contributed by atoms with Gasteiger partial charge in [-0.05, 0) is 55.3 Å². The van der Waals surface area contributed by atoms with Crippen LogP contribution < -0.4 is 0 Å². The van der Waals surface area contributed by atoms with Crippen LogP contribution in [0.15, 0.2) is 52.9 Å². The molecule has 0 aliphatic carbocycles. The van der Waals surface area contributed by atoms with E-state index in [0.717, 1.165) is 27.7 Å². The predicted molar refractivity (Wildman–Crippen MR) is 110 cm³/mol. The number of H-pyrrole nitrogens is 1. The van der Waals surface area contributed by atoms with Crippen molar-refractivity contribution >= 4 is 28.4 Å². The van der Waals surface area contributed by atoms with Crippen LogP contribution in [0.3, 0.4) is 0 Å². The molecule has 0 fully saturated rings. The van der Waals surface area contributed by atoms with Crippen LogP contribution in [0.1, 0.15) is 22.7 Å². The molecule has 7 nitrogen and oxygen atoms in total. The lowest BCUT2D eigenvalue weighted by molar-refractivity contribution is -0.384. The SMILES string of the molecule is Cc1ccc2nc(/C(C#N)=C/c3ccc(-c4ccc([N+](=O)[O-])cc4C)o3)[nH]c2c1. The normalized spacial score (nSPS) is 11.6. The van der Waals surface area contributed by atoms with Crippen LogP contribution in [0.4, 0.5) is 5.69 Å². The number of imidazole rings is 1. The van der Waals surface area contributed by atoms with Crippen molar-refractivity contribution in [1.82, 2.24) is 9.97 Å². The molecule has 4 aromatic rings. The number of nitro groups is 1. The van der Waals surface area contributed by atoms with Crippen molar-refractivity contribution in [3.8, 4) is 17.4 Å². The summed E-state index contributed by atoms with van der Waals surface area (Å²) in [5.41, 5.74) is 4.62. The molecule has 0 atom stereocenters. The van der Waals surface area contributed by atoms with Crippen molar-refractivity contribution < 1.29 is 9.34 Å². The third-order valence-electron chi connectivity index (χ3n) is 4.61. The summed E-state index contributed by atoms with van der Waals surface area (Å²) in [4.78, 5) is 18.1. The first kappa shape index (κ1) is 18.2. The number of nitro benzene ring substituents is 1. The minimum absolute atomic E-state index is 0.0322. The minimum Gasteiger partial charge on any atom is -0.457 e. The Hall–Kier alpha value is -4.18. The topological polar surface area (TPSA) is 109 Å². The molecular weight excluding hydrogens is 368 g/mol. The van der Waals surface area contributed by atoms with Gasteiger partial charge in [0, 0.05) is 23.8 Å². The fourth-order valence-electron chi connectivity index (χ4n) is 3.16. The van der Waals surface area contributed by atoms with Crippen LogP contribution in [0.5, 0.6) is 0 Å². The molecule has 0 amide bonds. The molecule has 0 radical (unpaired) electrons. The van der Waals surface area contributed by atoms with E-state index >= 15 is 0 Å². The highest BCUT2D eigenvalue weighted by atomic mass is 16.6. The zero-order valence-corrected chi connectivity index (χ0v) is 15.8. The Labute approximate surface area is 166 Å². The lowest BCUT2D eigenvalue weighted by atomic mass is 10.1. The molecule has 0 saturated heterocycles. The number of aromatic amines is 1. The Morgan fingerprint density at radius 1 is 1.21 bits per heavy atom. The lowest BCUT2D eigenvalue weighted by Crippen LogP contribution is -1.89. The van der Waals surface area contributed by atoms with Gasteiger partial charge in [-0.2, -0.15) is 5.26 Å². The van der Waals surface area contributed by atoms with Gasteiger partial charge in [0.2, 0.25) is 0 Å². The number of aromatic nitrogens is 2. The van der Waals surface area contributed by atoms with Gasteiger partial charge in [-0.3, -0.25) is 10.1 Å². The number of hydrogen-bond donors (Lipinski definition) is 1. The van der Waals surface area contributed by atoms with Crippen LogP contribution in [0.25, 0.3) is 34.0 Å². The third-order valence-corrected chi connectivity index (χ3v) is 4.61. The van der Waals surface area contributed by atoms with Crippen LogP contribution in [-0.4, -0.2) is 14.9 Å². The lowest BCUT2D eigenvalue weighted by Gasteiger charge is -2.02. The highest BCUT2D eigenvalue weighted by Gasteiger charge is 2.13. The van der Waals surface area contributed by atoms with Gasteiger partial charge >= 0.3 is 0 Å². The Morgan fingerprint density at radius 3 is 2.76 bits per heavy atom. The highest BCUT2D eigenvalue weighted by molar-refractivity contribution is 5.89. The Bertz CT molecular complexity index is 1320. The first-order chi connectivity index (χ1) is 13.9. The number of allylic oxidation sites excluding steroid dienone is 1. The van der Waals surface area contributed by atoms with E-state index in [0.29, 0.717) is 22.9 Å². The summed E-state index contributed by atoms with van der Waals surface area (Å²) in [5, 5.41) is 20.5. The van der Waals surface area contributed by atoms with Gasteiger partial charge in [0.1, 0.15) is 23.4 Å². The number of aryl methyl sites for hydroxylation is 2. The number of nitrogens with one attached hydrogen (secondary N) is 1. The molecule has 4 rings (SSSR count). The number of hydrogen-bond acceptors (Lipinski definition) is 5. The fourth-order valence-corrected chi connectivity index (χ4v) is 3.16. The molecular formula is C22H16N4O3. The van der Waals surface area contributed by atoms with Gasteiger partial charge in [-0.15, -0.1) is 0 Å². The molecule has 0 aliphatic rings. The number of nitrogens with zero attached hydrogens (tertiary/aromatic N) is 3. The zero-order chi connectivity index (χ0) is 20.5. The van der Waals surface area contributed by atoms with Crippen molar-refractivity contribution in [2.24, 2.45) is 0 Å². The second kappa shape index (κ2) is 7.09. The number of non-ortho nitro benzene ring substituents is 1. The predicted octanol–water partition coefficient (Wildman–Crippen LogP) is 5.41. The molecule has 2 aromatic heterocycles. The largest absolute Gasteiger partial charge is 0.457 e. The summed E-state index contributed by atoms with van der Waals surface area (Å²) in [6, 6.07) is 16.1. The number of benzene rings is 2. The van der Waals surface area contributed by atoms with E-state index in [2.05, 4.69) is 16.0 Å². The second-order valence-electron chi connectivity index (χ2n) is 6.73. The Morgan fingerprint density at radius 2 is 2.03 bits per heavy atom. The molecule has 2 heterocycles. The molecule has 0 bridgehead atoms. The molecule has 142 valence electrons. The van der Waals surface area contributed by atoms with Gasteiger partial charge in [0.15, 0.2) is 0 Å². The maximum absolute atomic E-state index is 10.9. The molecule has 1 N–H and O–H groups in total. The van der Waals surface area contributed by atoms with Crippen molar-refractivity contribution in [1.29, 1.82) is 5.26 Å². The average Bonchev–Trinajstić information content (AvgIpc) is 3.32. The average molecular weight is 384 g/mol. The number of furan rings is 1. The van der Waals surface area contributed by atoms with Crippen molar-refractivity contribution in [2.45, 2.75) is 13.8 Å². The van der Waals surface area contributed by atoms with Crippen LogP contribution >= 0.6 is 0 Å². The molecule has 7 heteroatoms. The summed E-state index contributed by atoms with van der Waals surface area (Å²) in [6.07, 6.45) is 1.62. The standard InChI is InChI=1S/C22H16N4O3/c1-13-3-7-19-20(9-13)25-22(24-19)15(12-23)11-17-5-8-21(29-17)18-6-4-16(26(27)28)10-14(18)2/h3-11H,1-2H3,(H,24,25)/b15-11+. The van der Waals surface area contributed by atoms with Gasteiger partial charge in [-0.1, -0.05) is 6.07 Å². The van der Waals surface area contributed by atoms with Crippen LogP contribution in [0.2, 0.25) is 0 Å².